The van der Waals surface area contributed by atoms with E-state index in [1.54, 1.807) is 11.9 Å². The summed E-state index contributed by atoms with van der Waals surface area (Å²) in [6.45, 7) is 0. The molecule has 1 aromatic rings. The number of hydrogen-bond donors (Lipinski definition) is 1. The van der Waals surface area contributed by atoms with E-state index in [0.717, 1.165) is 36.9 Å². The van der Waals surface area contributed by atoms with E-state index in [0.29, 0.717) is 6.42 Å². The highest BCUT2D eigenvalue weighted by molar-refractivity contribution is 6.04. The zero-order valence-corrected chi connectivity index (χ0v) is 11.8. The lowest BCUT2D eigenvalue weighted by atomic mass is 10.1. The third kappa shape index (κ3) is 2.09. The Bertz CT molecular complexity index is 535. The average molecular weight is 272 g/mol. The van der Waals surface area contributed by atoms with E-state index in [4.69, 9.17) is 0 Å². The molecule has 1 fully saturated rings. The van der Waals surface area contributed by atoms with Crippen molar-refractivity contribution >= 4 is 17.5 Å². The molecule has 1 aromatic carbocycles. The molecular weight excluding hydrogens is 252 g/mol. The molecule has 1 atom stereocenters. The summed E-state index contributed by atoms with van der Waals surface area (Å²) >= 11 is 0. The van der Waals surface area contributed by atoms with Crippen LogP contribution < -0.4 is 10.2 Å². The van der Waals surface area contributed by atoms with E-state index < -0.39 is 0 Å². The molecule has 1 aliphatic carbocycles. The second-order valence-electron chi connectivity index (χ2n) is 5.65. The van der Waals surface area contributed by atoms with Gasteiger partial charge in [0.1, 0.15) is 6.04 Å². The average Bonchev–Trinajstić information content (AvgIpc) is 3.12. The summed E-state index contributed by atoms with van der Waals surface area (Å²) in [7, 11) is 1.63. The largest absolute Gasteiger partial charge is 0.357 e. The molecule has 0 radical (unpaired) electrons. The predicted molar refractivity (Wildman–Crippen MR) is 77.4 cm³/mol. The first-order chi connectivity index (χ1) is 9.72. The third-order valence-electron chi connectivity index (χ3n) is 4.47. The molecule has 0 spiro atoms. The minimum Gasteiger partial charge on any atom is -0.357 e. The van der Waals surface area contributed by atoms with Gasteiger partial charge in [-0.1, -0.05) is 31.0 Å². The van der Waals surface area contributed by atoms with Crippen LogP contribution in [0, 0.1) is 5.92 Å². The second kappa shape index (κ2) is 5.27. The Balaban J connectivity index is 1.94. The lowest BCUT2D eigenvalue weighted by Gasteiger charge is -2.27. The molecule has 1 unspecified atom stereocenters. The fourth-order valence-corrected chi connectivity index (χ4v) is 3.40. The lowest BCUT2D eigenvalue weighted by molar-refractivity contribution is -0.127. The Kier molecular flexibility index (Phi) is 3.47. The Hall–Kier alpha value is -1.84. The number of hydrogen-bond acceptors (Lipinski definition) is 2. The number of rotatable bonds is 2. The topological polar surface area (TPSA) is 49.4 Å². The SMILES string of the molecule is CNC(=O)C1Cc2ccccc2N1C(=O)C1CCCC1. The van der Waals surface area contributed by atoms with Gasteiger partial charge in [0, 0.05) is 25.1 Å². The molecule has 1 saturated carbocycles. The maximum absolute atomic E-state index is 12.8. The number of benzene rings is 1. The molecule has 20 heavy (non-hydrogen) atoms. The third-order valence-corrected chi connectivity index (χ3v) is 4.47. The molecule has 2 amide bonds. The smallest absolute Gasteiger partial charge is 0.243 e. The summed E-state index contributed by atoms with van der Waals surface area (Å²) < 4.78 is 0. The van der Waals surface area contributed by atoms with Crippen molar-refractivity contribution in [3.8, 4) is 0 Å². The molecule has 1 heterocycles. The molecule has 3 rings (SSSR count). The summed E-state index contributed by atoms with van der Waals surface area (Å²) in [6, 6.07) is 7.47. The van der Waals surface area contributed by atoms with Crippen molar-refractivity contribution in [2.75, 3.05) is 11.9 Å². The summed E-state index contributed by atoms with van der Waals surface area (Å²) in [5, 5.41) is 2.68. The Morgan fingerprint density at radius 1 is 1.20 bits per heavy atom. The minimum absolute atomic E-state index is 0.0763. The Morgan fingerprint density at radius 2 is 1.90 bits per heavy atom. The first-order valence-corrected chi connectivity index (χ1v) is 7.35. The molecule has 0 aromatic heterocycles. The maximum atomic E-state index is 12.8. The predicted octanol–water partition coefficient (Wildman–Crippen LogP) is 1.88. The van der Waals surface area contributed by atoms with Crippen molar-refractivity contribution in [1.82, 2.24) is 5.32 Å². The first kappa shape index (κ1) is 13.2. The van der Waals surface area contributed by atoms with Gasteiger partial charge >= 0.3 is 0 Å². The molecule has 1 aliphatic heterocycles. The van der Waals surface area contributed by atoms with Crippen LogP contribution in [0.1, 0.15) is 31.2 Å². The van der Waals surface area contributed by atoms with Crippen LogP contribution in [0.4, 0.5) is 5.69 Å². The van der Waals surface area contributed by atoms with E-state index in [1.807, 2.05) is 24.3 Å². The van der Waals surface area contributed by atoms with E-state index in [9.17, 15) is 9.59 Å². The van der Waals surface area contributed by atoms with Crippen molar-refractivity contribution in [3.63, 3.8) is 0 Å². The van der Waals surface area contributed by atoms with Gasteiger partial charge in [-0.05, 0) is 24.5 Å². The Labute approximate surface area is 119 Å². The number of carbonyl (C=O) groups excluding carboxylic acids is 2. The van der Waals surface area contributed by atoms with E-state index in [2.05, 4.69) is 5.32 Å². The van der Waals surface area contributed by atoms with E-state index >= 15 is 0 Å². The van der Waals surface area contributed by atoms with Gasteiger partial charge < -0.3 is 5.32 Å². The molecule has 0 bridgehead atoms. The monoisotopic (exact) mass is 272 g/mol. The molecule has 0 saturated heterocycles. The first-order valence-electron chi connectivity index (χ1n) is 7.35. The van der Waals surface area contributed by atoms with Gasteiger partial charge in [0.2, 0.25) is 11.8 Å². The fourth-order valence-electron chi connectivity index (χ4n) is 3.40. The van der Waals surface area contributed by atoms with Gasteiger partial charge in [-0.3, -0.25) is 14.5 Å². The van der Waals surface area contributed by atoms with Gasteiger partial charge in [0.15, 0.2) is 0 Å². The number of anilines is 1. The number of fused-ring (bicyclic) bond motifs is 1. The number of likely N-dealkylation sites (N-methyl/N-ethyl adjacent to an activating group) is 1. The molecule has 4 heteroatoms. The number of amides is 2. The lowest BCUT2D eigenvalue weighted by Crippen LogP contribution is -2.48. The highest BCUT2D eigenvalue weighted by atomic mass is 16.2. The van der Waals surface area contributed by atoms with Gasteiger partial charge in [-0.15, -0.1) is 0 Å². The summed E-state index contributed by atoms with van der Waals surface area (Å²) in [4.78, 5) is 26.6. The van der Waals surface area contributed by atoms with Gasteiger partial charge in [-0.25, -0.2) is 0 Å². The molecule has 1 N–H and O–H groups in total. The highest BCUT2D eigenvalue weighted by Gasteiger charge is 2.40. The Morgan fingerprint density at radius 3 is 2.60 bits per heavy atom. The van der Waals surface area contributed by atoms with Crippen molar-refractivity contribution in [2.45, 2.75) is 38.1 Å². The number of nitrogens with zero attached hydrogens (tertiary/aromatic N) is 1. The van der Waals surface area contributed by atoms with Crippen LogP contribution in [-0.2, 0) is 16.0 Å². The minimum atomic E-state index is -0.384. The quantitative estimate of drug-likeness (QED) is 0.893. The molecular formula is C16H20N2O2. The molecule has 2 aliphatic rings. The van der Waals surface area contributed by atoms with Gasteiger partial charge in [0.05, 0.1) is 0 Å². The second-order valence-corrected chi connectivity index (χ2v) is 5.65. The van der Waals surface area contributed by atoms with Crippen LogP contribution in [0.3, 0.4) is 0 Å². The number of carbonyl (C=O) groups is 2. The van der Waals surface area contributed by atoms with Crippen LogP contribution >= 0.6 is 0 Å². The zero-order valence-electron chi connectivity index (χ0n) is 11.8. The maximum Gasteiger partial charge on any atom is 0.243 e. The summed E-state index contributed by atoms with van der Waals surface area (Å²) in [6.07, 6.45) is 4.78. The fraction of sp³-hybridized carbons (Fsp3) is 0.500. The summed E-state index contributed by atoms with van der Waals surface area (Å²) in [5.74, 6) is 0.141. The van der Waals surface area contributed by atoms with Gasteiger partial charge in [0.25, 0.3) is 0 Å². The van der Waals surface area contributed by atoms with Crippen molar-refractivity contribution in [1.29, 1.82) is 0 Å². The summed E-state index contributed by atoms with van der Waals surface area (Å²) in [5.41, 5.74) is 2.01. The number of para-hydroxylation sites is 1. The van der Waals surface area contributed by atoms with Crippen molar-refractivity contribution in [2.24, 2.45) is 5.92 Å². The molecule has 106 valence electrons. The van der Waals surface area contributed by atoms with Crippen LogP contribution in [0.25, 0.3) is 0 Å². The number of nitrogens with one attached hydrogen (secondary N) is 1. The van der Waals surface area contributed by atoms with Crippen LogP contribution in [0.5, 0.6) is 0 Å². The van der Waals surface area contributed by atoms with E-state index in [-0.39, 0.29) is 23.8 Å². The normalized spacial score (nSPS) is 21.9. The van der Waals surface area contributed by atoms with Gasteiger partial charge in [-0.2, -0.15) is 0 Å². The van der Waals surface area contributed by atoms with Crippen LogP contribution in [0.2, 0.25) is 0 Å². The molecule has 4 nitrogen and oxygen atoms in total. The van der Waals surface area contributed by atoms with Crippen LogP contribution in [0.15, 0.2) is 24.3 Å². The van der Waals surface area contributed by atoms with Crippen molar-refractivity contribution in [3.05, 3.63) is 29.8 Å². The van der Waals surface area contributed by atoms with Crippen molar-refractivity contribution < 1.29 is 9.59 Å². The van der Waals surface area contributed by atoms with Crippen LogP contribution in [-0.4, -0.2) is 24.9 Å². The zero-order chi connectivity index (χ0) is 14.1. The highest BCUT2D eigenvalue weighted by Crippen LogP contribution is 2.36. The van der Waals surface area contributed by atoms with E-state index in [1.165, 1.54) is 0 Å². The standard InChI is InChI=1S/C16H20N2O2/c1-17-15(19)14-10-12-8-4-5-9-13(12)18(14)16(20)11-6-2-3-7-11/h4-5,8-9,11,14H,2-3,6-7,10H2,1H3,(H,17,19).